The lowest BCUT2D eigenvalue weighted by Gasteiger charge is -2.09. The largest absolute Gasteiger partial charge is 0.487 e. The Balaban J connectivity index is 1.76. The van der Waals surface area contributed by atoms with E-state index in [0.29, 0.717) is 17.0 Å². The minimum absolute atomic E-state index is 0.100. The average Bonchev–Trinajstić information content (AvgIpc) is 2.77. The van der Waals surface area contributed by atoms with Gasteiger partial charge in [0.1, 0.15) is 24.0 Å². The monoisotopic (exact) mass is 399 g/mol. The summed E-state index contributed by atoms with van der Waals surface area (Å²) in [5.41, 5.74) is 1.68. The molecule has 0 saturated heterocycles. The first kappa shape index (κ1) is 20.3. The minimum atomic E-state index is -1.06. The van der Waals surface area contributed by atoms with Gasteiger partial charge in [-0.15, -0.1) is 0 Å². The molecule has 2 aromatic carbocycles. The predicted molar refractivity (Wildman–Crippen MR) is 111 cm³/mol. The van der Waals surface area contributed by atoms with Gasteiger partial charge in [-0.05, 0) is 48.5 Å². The first-order valence-electron chi connectivity index (χ1n) is 8.95. The molecule has 2 N–H and O–H groups in total. The number of amides is 1. The number of carbonyl (C=O) groups excluding carboxylic acids is 1. The molecule has 3 aromatic rings. The van der Waals surface area contributed by atoms with Gasteiger partial charge in [0.25, 0.3) is 5.91 Å². The Morgan fingerprint density at radius 1 is 1.07 bits per heavy atom. The van der Waals surface area contributed by atoms with E-state index in [9.17, 15) is 14.9 Å². The highest BCUT2D eigenvalue weighted by atomic mass is 16.5. The van der Waals surface area contributed by atoms with Crippen molar-refractivity contribution in [3.05, 3.63) is 95.3 Å². The highest BCUT2D eigenvalue weighted by Crippen LogP contribution is 2.22. The molecule has 0 atom stereocenters. The Morgan fingerprint density at radius 2 is 1.80 bits per heavy atom. The van der Waals surface area contributed by atoms with Crippen LogP contribution in [-0.2, 0) is 11.4 Å². The Hall–Kier alpha value is -4.44. The number of rotatable bonds is 7. The van der Waals surface area contributed by atoms with Gasteiger partial charge in [0.05, 0.1) is 11.3 Å². The van der Waals surface area contributed by atoms with Gasteiger partial charge >= 0.3 is 5.97 Å². The number of hydrogen-bond donors (Lipinski definition) is 2. The van der Waals surface area contributed by atoms with Crippen molar-refractivity contribution in [2.24, 2.45) is 0 Å². The second-order valence-corrected chi connectivity index (χ2v) is 6.15. The van der Waals surface area contributed by atoms with Gasteiger partial charge in [-0.3, -0.25) is 9.78 Å². The van der Waals surface area contributed by atoms with E-state index in [0.717, 1.165) is 5.69 Å². The van der Waals surface area contributed by atoms with Gasteiger partial charge in [0, 0.05) is 17.4 Å². The van der Waals surface area contributed by atoms with Crippen LogP contribution in [0.2, 0.25) is 0 Å². The molecule has 0 bridgehead atoms. The number of nitrogens with zero attached hydrogens (tertiary/aromatic N) is 2. The van der Waals surface area contributed by atoms with E-state index in [1.807, 2.05) is 24.3 Å². The Kier molecular flexibility index (Phi) is 6.54. The van der Waals surface area contributed by atoms with Gasteiger partial charge < -0.3 is 15.2 Å². The Labute approximate surface area is 172 Å². The molecule has 0 aliphatic carbocycles. The van der Waals surface area contributed by atoms with Crippen molar-refractivity contribution < 1.29 is 19.4 Å². The van der Waals surface area contributed by atoms with E-state index < -0.39 is 11.9 Å². The van der Waals surface area contributed by atoms with Crippen molar-refractivity contribution >= 4 is 23.6 Å². The Bertz CT molecular complexity index is 1120. The number of hydrogen-bond acceptors (Lipinski definition) is 5. The van der Waals surface area contributed by atoms with Crippen molar-refractivity contribution in [1.82, 2.24) is 4.98 Å². The molecular formula is C23H17N3O4. The number of ether oxygens (including phenoxy) is 1. The number of nitriles is 1. The van der Waals surface area contributed by atoms with E-state index >= 15 is 0 Å². The summed E-state index contributed by atoms with van der Waals surface area (Å²) in [5, 5.41) is 21.0. The molecule has 0 saturated carbocycles. The molecule has 1 amide bonds. The molecular weight excluding hydrogens is 382 g/mol. The van der Waals surface area contributed by atoms with Crippen LogP contribution in [-0.4, -0.2) is 22.0 Å². The van der Waals surface area contributed by atoms with E-state index in [1.165, 1.54) is 30.3 Å². The maximum absolute atomic E-state index is 12.5. The van der Waals surface area contributed by atoms with Crippen molar-refractivity contribution in [1.29, 1.82) is 5.26 Å². The molecule has 0 aliphatic heterocycles. The van der Waals surface area contributed by atoms with Crippen LogP contribution in [0.4, 0.5) is 5.69 Å². The van der Waals surface area contributed by atoms with Crippen LogP contribution in [0.3, 0.4) is 0 Å². The average molecular weight is 399 g/mol. The van der Waals surface area contributed by atoms with Crippen molar-refractivity contribution in [3.8, 4) is 11.8 Å². The summed E-state index contributed by atoms with van der Waals surface area (Å²) in [5.74, 6) is -1.16. The summed E-state index contributed by atoms with van der Waals surface area (Å²) in [6.07, 6.45) is 3.11. The summed E-state index contributed by atoms with van der Waals surface area (Å²) in [6, 6.07) is 20.1. The molecule has 148 valence electrons. The fraction of sp³-hybridized carbons (Fsp3) is 0.0435. The standard InChI is InChI=1S/C23H17N3O4/c24-14-18(22(27)26-19-10-8-16(9-11-19)23(28)29)13-17-5-1-2-7-21(17)30-15-20-6-3-4-12-25-20/h1-13H,15H2,(H,26,27)(H,28,29)/b18-13+. The number of benzene rings is 2. The van der Waals surface area contributed by atoms with Crippen molar-refractivity contribution in [3.63, 3.8) is 0 Å². The number of anilines is 1. The van der Waals surface area contributed by atoms with Gasteiger partial charge in [0.15, 0.2) is 0 Å². The van der Waals surface area contributed by atoms with E-state index in [-0.39, 0.29) is 17.7 Å². The smallest absolute Gasteiger partial charge is 0.335 e. The third-order valence-corrected chi connectivity index (χ3v) is 4.08. The first-order chi connectivity index (χ1) is 14.6. The van der Waals surface area contributed by atoms with Crippen LogP contribution in [0.1, 0.15) is 21.6 Å². The maximum atomic E-state index is 12.5. The fourth-order valence-corrected chi connectivity index (χ4v) is 2.57. The Morgan fingerprint density at radius 3 is 2.47 bits per heavy atom. The fourth-order valence-electron chi connectivity index (χ4n) is 2.57. The lowest BCUT2D eigenvalue weighted by molar-refractivity contribution is -0.112. The molecule has 0 spiro atoms. The second-order valence-electron chi connectivity index (χ2n) is 6.15. The van der Waals surface area contributed by atoms with Crippen LogP contribution in [0.15, 0.2) is 78.5 Å². The zero-order valence-electron chi connectivity index (χ0n) is 15.8. The van der Waals surface area contributed by atoms with Crippen LogP contribution in [0.5, 0.6) is 5.75 Å². The molecule has 1 heterocycles. The molecule has 30 heavy (non-hydrogen) atoms. The molecule has 0 fully saturated rings. The maximum Gasteiger partial charge on any atom is 0.335 e. The third kappa shape index (κ3) is 5.30. The van der Waals surface area contributed by atoms with Crippen LogP contribution in [0.25, 0.3) is 6.08 Å². The zero-order chi connectivity index (χ0) is 21.3. The number of aromatic carboxylic acids is 1. The summed E-state index contributed by atoms with van der Waals surface area (Å²) < 4.78 is 5.80. The first-order valence-corrected chi connectivity index (χ1v) is 8.95. The van der Waals surface area contributed by atoms with E-state index in [2.05, 4.69) is 10.3 Å². The SMILES string of the molecule is N#C/C(=C\c1ccccc1OCc1ccccn1)C(=O)Nc1ccc(C(=O)O)cc1. The summed E-state index contributed by atoms with van der Waals surface area (Å²) in [7, 11) is 0. The van der Waals surface area contributed by atoms with Gasteiger partial charge in [-0.1, -0.05) is 24.3 Å². The molecule has 3 rings (SSSR count). The van der Waals surface area contributed by atoms with E-state index in [4.69, 9.17) is 9.84 Å². The highest BCUT2D eigenvalue weighted by molar-refractivity contribution is 6.10. The van der Waals surface area contributed by atoms with Crippen LogP contribution >= 0.6 is 0 Å². The summed E-state index contributed by atoms with van der Waals surface area (Å²) in [4.78, 5) is 27.6. The van der Waals surface area contributed by atoms with Crippen molar-refractivity contribution in [2.45, 2.75) is 6.61 Å². The molecule has 0 aliphatic rings. The summed E-state index contributed by atoms with van der Waals surface area (Å²) >= 11 is 0. The second kappa shape index (κ2) is 9.66. The van der Waals surface area contributed by atoms with Crippen LogP contribution in [0, 0.1) is 11.3 Å². The third-order valence-electron chi connectivity index (χ3n) is 4.08. The molecule has 0 radical (unpaired) electrons. The molecule has 0 unspecified atom stereocenters. The number of aromatic nitrogens is 1. The number of pyridine rings is 1. The zero-order valence-corrected chi connectivity index (χ0v) is 15.8. The van der Waals surface area contributed by atoms with Gasteiger partial charge in [0.2, 0.25) is 0 Å². The van der Waals surface area contributed by atoms with E-state index in [1.54, 1.807) is 30.5 Å². The number of carbonyl (C=O) groups is 2. The summed E-state index contributed by atoms with van der Waals surface area (Å²) in [6.45, 7) is 0.246. The molecule has 7 heteroatoms. The molecule has 1 aromatic heterocycles. The lowest BCUT2D eigenvalue weighted by atomic mass is 10.1. The number of nitrogens with one attached hydrogen (secondary N) is 1. The highest BCUT2D eigenvalue weighted by Gasteiger charge is 2.12. The van der Waals surface area contributed by atoms with Crippen LogP contribution < -0.4 is 10.1 Å². The van der Waals surface area contributed by atoms with Crippen molar-refractivity contribution in [2.75, 3.05) is 5.32 Å². The normalized spacial score (nSPS) is 10.7. The quantitative estimate of drug-likeness (QED) is 0.460. The van der Waals surface area contributed by atoms with Gasteiger partial charge in [-0.25, -0.2) is 4.79 Å². The number of carboxylic acid groups (broad SMARTS) is 1. The predicted octanol–water partition coefficient (Wildman–Crippen LogP) is 3.90. The number of para-hydroxylation sites is 1. The number of carboxylic acids is 1. The van der Waals surface area contributed by atoms with Gasteiger partial charge in [-0.2, -0.15) is 5.26 Å². The minimum Gasteiger partial charge on any atom is -0.487 e. The topological polar surface area (TPSA) is 112 Å². The molecule has 7 nitrogen and oxygen atoms in total. The lowest BCUT2D eigenvalue weighted by Crippen LogP contribution is -2.13.